The number of likely N-dealkylation sites (tertiary alicyclic amines) is 1. The standard InChI is InChI=1S/C18H30F2N2O3S/c19-18(20)9-4-10-21(14-18)17(23)7-3-12-26(24,25)22-11-8-15-5-1-2-6-16(15)13-22/h15-16H,1-14H2. The van der Waals surface area contributed by atoms with Gasteiger partial charge in [-0.2, -0.15) is 0 Å². The number of sulfonamides is 1. The van der Waals surface area contributed by atoms with E-state index in [0.717, 1.165) is 12.8 Å². The molecule has 1 amide bonds. The summed E-state index contributed by atoms with van der Waals surface area (Å²) >= 11 is 0. The number of alkyl halides is 2. The van der Waals surface area contributed by atoms with E-state index < -0.39 is 22.5 Å². The Morgan fingerprint density at radius 3 is 2.50 bits per heavy atom. The Kier molecular flexibility index (Phi) is 6.22. The van der Waals surface area contributed by atoms with Crippen LogP contribution in [0.3, 0.4) is 0 Å². The minimum absolute atomic E-state index is 0.0230. The number of carbonyl (C=O) groups is 1. The first-order valence-electron chi connectivity index (χ1n) is 9.90. The van der Waals surface area contributed by atoms with Crippen molar-refractivity contribution in [2.24, 2.45) is 11.8 Å². The average molecular weight is 393 g/mol. The van der Waals surface area contributed by atoms with Crippen LogP contribution in [0.5, 0.6) is 0 Å². The van der Waals surface area contributed by atoms with Gasteiger partial charge in [-0.3, -0.25) is 4.79 Å². The van der Waals surface area contributed by atoms with Gasteiger partial charge in [0.05, 0.1) is 12.3 Å². The molecule has 5 nitrogen and oxygen atoms in total. The number of hydrogen-bond acceptors (Lipinski definition) is 3. The Balaban J connectivity index is 1.45. The second-order valence-electron chi connectivity index (χ2n) is 8.15. The third-order valence-corrected chi connectivity index (χ3v) is 8.11. The van der Waals surface area contributed by atoms with Crippen molar-refractivity contribution >= 4 is 15.9 Å². The van der Waals surface area contributed by atoms with Gasteiger partial charge in [-0.25, -0.2) is 21.5 Å². The number of fused-ring (bicyclic) bond motifs is 1. The highest BCUT2D eigenvalue weighted by molar-refractivity contribution is 7.89. The molecule has 0 bridgehead atoms. The molecule has 2 aliphatic heterocycles. The monoisotopic (exact) mass is 392 g/mol. The summed E-state index contributed by atoms with van der Waals surface area (Å²) in [6, 6.07) is 0. The first-order chi connectivity index (χ1) is 12.3. The third kappa shape index (κ3) is 4.94. The summed E-state index contributed by atoms with van der Waals surface area (Å²) < 4.78 is 53.6. The van der Waals surface area contributed by atoms with Crippen LogP contribution >= 0.6 is 0 Å². The van der Waals surface area contributed by atoms with E-state index in [4.69, 9.17) is 0 Å². The zero-order valence-corrected chi connectivity index (χ0v) is 16.2. The Hall–Kier alpha value is -0.760. The Morgan fingerprint density at radius 2 is 1.77 bits per heavy atom. The van der Waals surface area contributed by atoms with Crippen molar-refractivity contribution in [2.75, 3.05) is 31.9 Å². The molecular formula is C18H30F2N2O3S. The molecule has 3 fully saturated rings. The van der Waals surface area contributed by atoms with Gasteiger partial charge in [0.1, 0.15) is 0 Å². The molecule has 1 saturated carbocycles. The van der Waals surface area contributed by atoms with Crippen molar-refractivity contribution in [2.45, 2.75) is 63.7 Å². The van der Waals surface area contributed by atoms with Gasteiger partial charge in [0, 0.05) is 32.5 Å². The largest absolute Gasteiger partial charge is 0.337 e. The fourth-order valence-corrected chi connectivity index (χ4v) is 6.26. The normalized spacial score (nSPS) is 30.0. The van der Waals surface area contributed by atoms with E-state index in [2.05, 4.69) is 0 Å². The van der Waals surface area contributed by atoms with E-state index in [-0.39, 0.29) is 30.9 Å². The Morgan fingerprint density at radius 1 is 1.04 bits per heavy atom. The molecule has 0 aromatic rings. The second kappa shape index (κ2) is 8.09. The number of amides is 1. The predicted octanol–water partition coefficient (Wildman–Crippen LogP) is 2.87. The van der Waals surface area contributed by atoms with Crippen molar-refractivity contribution in [1.29, 1.82) is 0 Å². The predicted molar refractivity (Wildman–Crippen MR) is 95.4 cm³/mol. The van der Waals surface area contributed by atoms with Crippen LogP contribution in [-0.2, 0) is 14.8 Å². The third-order valence-electron chi connectivity index (χ3n) is 6.19. The van der Waals surface area contributed by atoms with E-state index in [0.29, 0.717) is 37.9 Å². The Bertz CT molecular complexity index is 612. The van der Waals surface area contributed by atoms with Crippen molar-refractivity contribution in [1.82, 2.24) is 9.21 Å². The van der Waals surface area contributed by atoms with Crippen LogP contribution in [0.4, 0.5) is 8.78 Å². The minimum atomic E-state index is -3.37. The number of hydrogen-bond donors (Lipinski definition) is 0. The average Bonchev–Trinajstić information content (AvgIpc) is 2.60. The van der Waals surface area contributed by atoms with Crippen molar-refractivity contribution in [3.63, 3.8) is 0 Å². The molecule has 0 aromatic heterocycles. The zero-order valence-electron chi connectivity index (χ0n) is 15.3. The van der Waals surface area contributed by atoms with Crippen molar-refractivity contribution in [3.05, 3.63) is 0 Å². The molecule has 8 heteroatoms. The lowest BCUT2D eigenvalue weighted by atomic mass is 9.76. The molecule has 150 valence electrons. The van der Waals surface area contributed by atoms with Gasteiger partial charge in [-0.05, 0) is 37.5 Å². The molecule has 2 unspecified atom stereocenters. The van der Waals surface area contributed by atoms with Crippen LogP contribution in [0.1, 0.15) is 57.8 Å². The van der Waals surface area contributed by atoms with E-state index in [9.17, 15) is 22.0 Å². The summed E-state index contributed by atoms with van der Waals surface area (Å²) in [6.07, 6.45) is 6.05. The molecule has 3 aliphatic rings. The molecule has 3 rings (SSSR count). The maximum Gasteiger partial charge on any atom is 0.265 e. The van der Waals surface area contributed by atoms with Gasteiger partial charge in [-0.15, -0.1) is 0 Å². The van der Waals surface area contributed by atoms with Gasteiger partial charge in [0.2, 0.25) is 15.9 Å². The maximum atomic E-state index is 13.4. The molecule has 26 heavy (non-hydrogen) atoms. The lowest BCUT2D eigenvalue weighted by Crippen LogP contribution is -2.46. The van der Waals surface area contributed by atoms with Crippen LogP contribution in [0.15, 0.2) is 0 Å². The molecule has 2 saturated heterocycles. The highest BCUT2D eigenvalue weighted by atomic mass is 32.2. The summed E-state index contributed by atoms with van der Waals surface area (Å²) in [5.74, 6) is -2.10. The minimum Gasteiger partial charge on any atom is -0.337 e. The van der Waals surface area contributed by atoms with Crippen molar-refractivity contribution in [3.8, 4) is 0 Å². The SMILES string of the molecule is O=C(CCCS(=O)(=O)N1CCC2CCCCC2C1)N1CCCC(F)(F)C1. The highest BCUT2D eigenvalue weighted by Gasteiger charge is 2.38. The second-order valence-corrected chi connectivity index (χ2v) is 10.2. The van der Waals surface area contributed by atoms with E-state index in [1.54, 1.807) is 4.31 Å². The van der Waals surface area contributed by atoms with E-state index in [1.807, 2.05) is 0 Å². The summed E-state index contributed by atoms with van der Waals surface area (Å²) in [4.78, 5) is 13.3. The van der Waals surface area contributed by atoms with Gasteiger partial charge in [0.25, 0.3) is 5.92 Å². The fourth-order valence-electron chi connectivity index (χ4n) is 4.69. The van der Waals surface area contributed by atoms with Crippen LogP contribution < -0.4 is 0 Å². The molecule has 0 spiro atoms. The fraction of sp³-hybridized carbons (Fsp3) is 0.944. The topological polar surface area (TPSA) is 57.7 Å². The summed E-state index contributed by atoms with van der Waals surface area (Å²) in [5, 5.41) is 0. The number of halogens is 2. The number of carbonyl (C=O) groups excluding carboxylic acids is 1. The molecular weight excluding hydrogens is 362 g/mol. The summed E-state index contributed by atoms with van der Waals surface area (Å²) in [5.41, 5.74) is 0. The lowest BCUT2D eigenvalue weighted by molar-refractivity contribution is -0.141. The summed E-state index contributed by atoms with van der Waals surface area (Å²) in [6.45, 7) is 0.999. The number of nitrogens with zero attached hydrogens (tertiary/aromatic N) is 2. The quantitative estimate of drug-likeness (QED) is 0.723. The highest BCUT2D eigenvalue weighted by Crippen LogP contribution is 2.37. The maximum absolute atomic E-state index is 13.4. The molecule has 2 atom stereocenters. The van der Waals surface area contributed by atoms with Crippen LogP contribution in [0.25, 0.3) is 0 Å². The number of rotatable bonds is 5. The van der Waals surface area contributed by atoms with Gasteiger partial charge in [0.15, 0.2) is 0 Å². The molecule has 0 radical (unpaired) electrons. The van der Waals surface area contributed by atoms with Gasteiger partial charge < -0.3 is 4.90 Å². The first-order valence-corrected chi connectivity index (χ1v) is 11.5. The summed E-state index contributed by atoms with van der Waals surface area (Å²) in [7, 11) is -3.37. The molecule has 0 N–H and O–H groups in total. The van der Waals surface area contributed by atoms with E-state index in [1.165, 1.54) is 24.2 Å². The zero-order chi connectivity index (χ0) is 18.8. The van der Waals surface area contributed by atoms with Crippen LogP contribution in [0, 0.1) is 11.8 Å². The number of piperidine rings is 2. The Labute approximate surface area is 155 Å². The molecule has 0 aromatic carbocycles. The van der Waals surface area contributed by atoms with Crippen LogP contribution in [-0.4, -0.2) is 61.4 Å². The molecule has 1 aliphatic carbocycles. The first kappa shape index (κ1) is 20.0. The van der Waals surface area contributed by atoms with E-state index >= 15 is 0 Å². The lowest BCUT2D eigenvalue weighted by Gasteiger charge is -2.40. The van der Waals surface area contributed by atoms with Gasteiger partial charge >= 0.3 is 0 Å². The van der Waals surface area contributed by atoms with Crippen molar-refractivity contribution < 1.29 is 22.0 Å². The van der Waals surface area contributed by atoms with Crippen LogP contribution in [0.2, 0.25) is 0 Å². The smallest absolute Gasteiger partial charge is 0.265 e. The molecule has 2 heterocycles. The van der Waals surface area contributed by atoms with Gasteiger partial charge in [-0.1, -0.05) is 19.3 Å².